The highest BCUT2D eigenvalue weighted by molar-refractivity contribution is 5.81. The molecule has 0 bridgehead atoms. The van der Waals surface area contributed by atoms with E-state index < -0.39 is 0 Å². The van der Waals surface area contributed by atoms with E-state index in [0.717, 1.165) is 37.2 Å². The number of nitrogens with zero attached hydrogens (tertiary/aromatic N) is 2. The molecule has 0 aromatic heterocycles. The normalized spacial score (nSPS) is 15.2. The zero-order chi connectivity index (χ0) is 18.1. The number of anilines is 1. The number of hydrogen-bond acceptors (Lipinski definition) is 3. The van der Waals surface area contributed by atoms with Gasteiger partial charge in [-0.05, 0) is 31.4 Å². The lowest BCUT2D eigenvalue weighted by Gasteiger charge is -2.26. The summed E-state index contributed by atoms with van der Waals surface area (Å²) in [4.78, 5) is 28.0. The van der Waals surface area contributed by atoms with Gasteiger partial charge in [-0.25, -0.2) is 0 Å². The second-order valence-corrected chi connectivity index (χ2v) is 6.69. The highest BCUT2D eigenvalue weighted by Gasteiger charge is 2.15. The van der Waals surface area contributed by atoms with Crippen molar-refractivity contribution in [3.8, 4) is 0 Å². The van der Waals surface area contributed by atoms with Crippen LogP contribution in [0.3, 0.4) is 0 Å². The molecule has 2 rings (SSSR count). The predicted octanol–water partition coefficient (Wildman–Crippen LogP) is 3.26. The molecule has 1 aliphatic heterocycles. The number of nitrogens with one attached hydrogen (secondary N) is 1. The number of likely N-dealkylation sites (tertiary alicyclic amines) is 1. The third-order valence-electron chi connectivity index (χ3n) is 4.84. The van der Waals surface area contributed by atoms with E-state index >= 15 is 0 Å². The molecule has 2 amide bonds. The molecule has 1 fully saturated rings. The van der Waals surface area contributed by atoms with Gasteiger partial charge in [0.1, 0.15) is 0 Å². The molecule has 1 N–H and O–H groups in total. The first-order valence-corrected chi connectivity index (χ1v) is 9.47. The Morgan fingerprint density at radius 2 is 1.72 bits per heavy atom. The number of rotatable bonds is 6. The highest BCUT2D eigenvalue weighted by atomic mass is 16.2. The Bertz CT molecular complexity index is 566. The molecular weight excluding hydrogens is 314 g/mol. The van der Waals surface area contributed by atoms with Gasteiger partial charge < -0.3 is 15.1 Å². The molecular formula is C20H31N3O2. The van der Waals surface area contributed by atoms with Gasteiger partial charge in [-0.3, -0.25) is 9.59 Å². The molecule has 0 aliphatic carbocycles. The van der Waals surface area contributed by atoms with Crippen LogP contribution in [0.5, 0.6) is 0 Å². The Balaban J connectivity index is 1.95. The minimum atomic E-state index is 0.0639. The van der Waals surface area contributed by atoms with Crippen LogP contribution in [0.1, 0.15) is 51.5 Å². The van der Waals surface area contributed by atoms with E-state index in [-0.39, 0.29) is 11.8 Å². The molecule has 1 saturated heterocycles. The quantitative estimate of drug-likeness (QED) is 0.861. The maximum Gasteiger partial charge on any atom is 0.241 e. The van der Waals surface area contributed by atoms with Crippen LogP contribution >= 0.6 is 0 Å². The van der Waals surface area contributed by atoms with Crippen molar-refractivity contribution in [3.05, 3.63) is 29.8 Å². The van der Waals surface area contributed by atoms with Gasteiger partial charge in [0, 0.05) is 38.8 Å². The average molecular weight is 345 g/mol. The van der Waals surface area contributed by atoms with Gasteiger partial charge in [-0.2, -0.15) is 0 Å². The summed E-state index contributed by atoms with van der Waals surface area (Å²) >= 11 is 0. The molecule has 5 nitrogen and oxygen atoms in total. The van der Waals surface area contributed by atoms with E-state index in [1.54, 1.807) is 11.8 Å². The number of hydrogen-bond donors (Lipinski definition) is 1. The molecule has 1 aromatic carbocycles. The van der Waals surface area contributed by atoms with Crippen molar-refractivity contribution in [1.82, 2.24) is 9.80 Å². The zero-order valence-electron chi connectivity index (χ0n) is 15.6. The van der Waals surface area contributed by atoms with Crippen LogP contribution in [0.25, 0.3) is 0 Å². The minimum Gasteiger partial charge on any atom is -0.376 e. The van der Waals surface area contributed by atoms with E-state index in [4.69, 9.17) is 0 Å². The number of para-hydroxylation sites is 1. The molecule has 0 radical (unpaired) electrons. The largest absolute Gasteiger partial charge is 0.376 e. The second-order valence-electron chi connectivity index (χ2n) is 6.69. The topological polar surface area (TPSA) is 52.7 Å². The molecule has 138 valence electrons. The summed E-state index contributed by atoms with van der Waals surface area (Å²) in [7, 11) is 0. The Hall–Kier alpha value is -2.04. The Morgan fingerprint density at radius 3 is 2.36 bits per heavy atom. The molecule has 1 aromatic rings. The standard InChI is InChI=1S/C20H31N3O2/c1-3-22(17(2)24)16-18-11-7-8-12-19(18)21-15-20(25)23-13-9-5-4-6-10-14-23/h7-8,11-12,21H,3-6,9-10,13-16H2,1-2H3. The maximum absolute atomic E-state index is 12.5. The van der Waals surface area contributed by atoms with Gasteiger partial charge in [0.05, 0.1) is 6.54 Å². The smallest absolute Gasteiger partial charge is 0.241 e. The lowest BCUT2D eigenvalue weighted by atomic mass is 10.1. The second kappa shape index (κ2) is 10.1. The van der Waals surface area contributed by atoms with Gasteiger partial charge in [0.25, 0.3) is 0 Å². The Kier molecular flexibility index (Phi) is 7.76. The fourth-order valence-electron chi connectivity index (χ4n) is 3.26. The number of amides is 2. The molecule has 0 spiro atoms. The van der Waals surface area contributed by atoms with Gasteiger partial charge in [0.15, 0.2) is 0 Å². The van der Waals surface area contributed by atoms with Crippen molar-refractivity contribution in [2.24, 2.45) is 0 Å². The molecule has 1 aliphatic rings. The SMILES string of the molecule is CCN(Cc1ccccc1NCC(=O)N1CCCCCCC1)C(C)=O. The fraction of sp³-hybridized carbons (Fsp3) is 0.600. The lowest BCUT2D eigenvalue weighted by Crippen LogP contribution is -2.37. The monoisotopic (exact) mass is 345 g/mol. The first kappa shape index (κ1) is 19.3. The molecule has 25 heavy (non-hydrogen) atoms. The minimum absolute atomic E-state index is 0.0639. The van der Waals surface area contributed by atoms with Crippen molar-refractivity contribution >= 4 is 17.5 Å². The third-order valence-corrected chi connectivity index (χ3v) is 4.84. The summed E-state index contributed by atoms with van der Waals surface area (Å²) in [5.74, 6) is 0.227. The molecule has 0 unspecified atom stereocenters. The number of carbonyl (C=O) groups excluding carboxylic acids is 2. The summed E-state index contributed by atoms with van der Waals surface area (Å²) in [6, 6.07) is 7.91. The van der Waals surface area contributed by atoms with Crippen molar-refractivity contribution in [3.63, 3.8) is 0 Å². The van der Waals surface area contributed by atoms with Crippen molar-refractivity contribution in [2.75, 3.05) is 31.5 Å². The van der Waals surface area contributed by atoms with Crippen LogP contribution in [-0.2, 0) is 16.1 Å². The lowest BCUT2D eigenvalue weighted by molar-refractivity contribution is -0.130. The summed E-state index contributed by atoms with van der Waals surface area (Å²) in [5.41, 5.74) is 1.97. The van der Waals surface area contributed by atoms with Gasteiger partial charge in [-0.15, -0.1) is 0 Å². The molecule has 5 heteroatoms. The van der Waals surface area contributed by atoms with Crippen molar-refractivity contribution in [1.29, 1.82) is 0 Å². The van der Waals surface area contributed by atoms with Crippen LogP contribution in [-0.4, -0.2) is 47.8 Å². The Morgan fingerprint density at radius 1 is 1.08 bits per heavy atom. The van der Waals surface area contributed by atoms with E-state index in [9.17, 15) is 9.59 Å². The van der Waals surface area contributed by atoms with E-state index in [2.05, 4.69) is 5.32 Å². The van der Waals surface area contributed by atoms with Crippen LogP contribution < -0.4 is 5.32 Å². The summed E-state index contributed by atoms with van der Waals surface area (Å²) in [5, 5.41) is 3.29. The number of carbonyl (C=O) groups is 2. The van der Waals surface area contributed by atoms with Gasteiger partial charge >= 0.3 is 0 Å². The predicted molar refractivity (Wildman–Crippen MR) is 101 cm³/mol. The third kappa shape index (κ3) is 6.07. The van der Waals surface area contributed by atoms with E-state index in [1.165, 1.54) is 19.3 Å². The first-order valence-electron chi connectivity index (χ1n) is 9.47. The fourth-order valence-corrected chi connectivity index (χ4v) is 3.26. The number of benzene rings is 1. The maximum atomic E-state index is 12.5. The van der Waals surface area contributed by atoms with Gasteiger partial charge in [-0.1, -0.05) is 37.5 Å². The molecule has 1 heterocycles. The van der Waals surface area contributed by atoms with Gasteiger partial charge in [0.2, 0.25) is 11.8 Å². The summed E-state index contributed by atoms with van der Waals surface area (Å²) in [6.07, 6.45) is 5.94. The zero-order valence-corrected chi connectivity index (χ0v) is 15.6. The average Bonchev–Trinajstić information content (AvgIpc) is 2.57. The van der Waals surface area contributed by atoms with E-state index in [0.29, 0.717) is 19.6 Å². The van der Waals surface area contributed by atoms with Crippen LogP contribution in [0, 0.1) is 0 Å². The summed E-state index contributed by atoms with van der Waals surface area (Å²) < 4.78 is 0. The highest BCUT2D eigenvalue weighted by Crippen LogP contribution is 2.18. The molecule has 0 saturated carbocycles. The van der Waals surface area contributed by atoms with Crippen molar-refractivity contribution < 1.29 is 9.59 Å². The van der Waals surface area contributed by atoms with Crippen LogP contribution in [0.2, 0.25) is 0 Å². The van der Waals surface area contributed by atoms with Crippen LogP contribution in [0.4, 0.5) is 5.69 Å². The Labute approximate surface area is 151 Å². The van der Waals surface area contributed by atoms with E-state index in [1.807, 2.05) is 36.1 Å². The van der Waals surface area contributed by atoms with Crippen LogP contribution in [0.15, 0.2) is 24.3 Å². The van der Waals surface area contributed by atoms with Crippen molar-refractivity contribution in [2.45, 2.75) is 52.5 Å². The first-order chi connectivity index (χ1) is 12.1. The summed E-state index contributed by atoms with van der Waals surface area (Å²) in [6.45, 7) is 6.85. The molecule has 0 atom stereocenters.